The van der Waals surface area contributed by atoms with E-state index in [-0.39, 0.29) is 17.2 Å². The molecule has 0 unspecified atom stereocenters. The quantitative estimate of drug-likeness (QED) is 0.181. The van der Waals surface area contributed by atoms with Crippen molar-refractivity contribution in [2.45, 2.75) is 10.1 Å². The van der Waals surface area contributed by atoms with Crippen molar-refractivity contribution in [3.05, 3.63) is 88.2 Å². The number of hydrogen-bond donors (Lipinski definition) is 1. The first kappa shape index (κ1) is 19.8. The Balaban J connectivity index is 1.42. The average molecular weight is 438 g/mol. The maximum Gasteiger partial charge on any atom is 0.293 e. The number of amides is 1. The number of thioether (sulfide) groups is 1. The lowest BCUT2D eigenvalue weighted by molar-refractivity contribution is -0.384. The fraction of sp³-hybridized carbons (Fsp3) is 0.0500. The van der Waals surface area contributed by atoms with Crippen molar-refractivity contribution in [2.75, 3.05) is 5.32 Å². The van der Waals surface area contributed by atoms with Crippen LogP contribution >= 0.6 is 23.1 Å². The number of nitrogens with zero attached hydrogens (tertiary/aromatic N) is 3. The number of hydrogen-bond acceptors (Lipinski definition) is 8. The zero-order valence-corrected chi connectivity index (χ0v) is 17.0. The van der Waals surface area contributed by atoms with Crippen LogP contribution in [0.3, 0.4) is 0 Å². The van der Waals surface area contributed by atoms with E-state index in [0.717, 1.165) is 10.1 Å². The molecule has 4 rings (SSSR count). The van der Waals surface area contributed by atoms with Crippen LogP contribution in [-0.4, -0.2) is 21.0 Å². The van der Waals surface area contributed by atoms with Gasteiger partial charge in [-0.1, -0.05) is 65.6 Å². The minimum absolute atomic E-state index is 0.0249. The summed E-state index contributed by atoms with van der Waals surface area (Å²) < 4.78 is 6.27. The summed E-state index contributed by atoms with van der Waals surface area (Å²) in [6, 6.07) is 19.2. The third-order valence-corrected chi connectivity index (χ3v) is 6.07. The number of rotatable bonds is 7. The number of anilines is 1. The highest BCUT2D eigenvalue weighted by Gasteiger charge is 2.20. The molecule has 0 aliphatic heterocycles. The number of furan rings is 1. The highest BCUT2D eigenvalue weighted by molar-refractivity contribution is 8.00. The third-order valence-electron chi connectivity index (χ3n) is 4.03. The van der Waals surface area contributed by atoms with E-state index in [1.54, 1.807) is 18.2 Å². The molecule has 0 aliphatic carbocycles. The molecule has 30 heavy (non-hydrogen) atoms. The first-order valence-electron chi connectivity index (χ1n) is 8.75. The van der Waals surface area contributed by atoms with E-state index in [0.29, 0.717) is 10.7 Å². The van der Waals surface area contributed by atoms with E-state index in [4.69, 9.17) is 4.42 Å². The van der Waals surface area contributed by atoms with Crippen LogP contribution in [0.1, 0.15) is 16.1 Å². The van der Waals surface area contributed by atoms with Gasteiger partial charge >= 0.3 is 0 Å². The fourth-order valence-electron chi connectivity index (χ4n) is 2.64. The zero-order chi connectivity index (χ0) is 20.9. The molecule has 2 aromatic heterocycles. The van der Waals surface area contributed by atoms with E-state index < -0.39 is 10.8 Å². The molecule has 0 spiro atoms. The fourth-order valence-corrected chi connectivity index (χ4v) is 4.35. The van der Waals surface area contributed by atoms with Crippen molar-refractivity contribution in [3.8, 4) is 11.3 Å². The highest BCUT2D eigenvalue weighted by Crippen LogP contribution is 2.32. The molecule has 150 valence electrons. The molecule has 0 atom stereocenters. The van der Waals surface area contributed by atoms with Gasteiger partial charge in [-0.15, -0.1) is 10.2 Å². The number of carbonyl (C=O) groups excluding carboxylic acids is 1. The summed E-state index contributed by atoms with van der Waals surface area (Å²) in [4.78, 5) is 23.2. The Morgan fingerprint density at radius 3 is 2.63 bits per heavy atom. The van der Waals surface area contributed by atoms with Crippen molar-refractivity contribution in [3.63, 3.8) is 0 Å². The normalized spacial score (nSPS) is 10.7. The van der Waals surface area contributed by atoms with Crippen LogP contribution in [-0.2, 0) is 5.75 Å². The van der Waals surface area contributed by atoms with Gasteiger partial charge in [-0.2, -0.15) is 0 Å². The summed E-state index contributed by atoms with van der Waals surface area (Å²) in [5.74, 6) is 0.511. The molecule has 2 aromatic carbocycles. The molecule has 1 amide bonds. The number of nitrogens with one attached hydrogen (secondary N) is 1. The van der Waals surface area contributed by atoms with E-state index in [1.165, 1.54) is 46.9 Å². The number of aromatic nitrogens is 2. The second-order valence-corrected chi connectivity index (χ2v) is 8.24. The molecule has 4 aromatic rings. The minimum atomic E-state index is -0.504. The van der Waals surface area contributed by atoms with Gasteiger partial charge in [0.25, 0.3) is 11.6 Å². The maximum atomic E-state index is 12.5. The van der Waals surface area contributed by atoms with Crippen molar-refractivity contribution in [1.82, 2.24) is 10.2 Å². The van der Waals surface area contributed by atoms with Gasteiger partial charge in [0.05, 0.1) is 10.5 Å². The summed E-state index contributed by atoms with van der Waals surface area (Å²) in [5, 5.41) is 22.2. The standard InChI is InChI=1S/C20H14N4O4S2/c25-18(17-11-10-16(28-17)14-8-4-5-9-15(14)24(26)27)21-19-22-23-20(30-19)29-12-13-6-2-1-3-7-13/h1-11H,12H2,(H,21,22,25). The molecule has 8 nitrogen and oxygen atoms in total. The van der Waals surface area contributed by atoms with Gasteiger partial charge in [-0.05, 0) is 23.8 Å². The van der Waals surface area contributed by atoms with Crippen molar-refractivity contribution < 1.29 is 14.1 Å². The monoisotopic (exact) mass is 438 g/mol. The molecule has 1 N–H and O–H groups in total. The number of nitro groups is 1. The van der Waals surface area contributed by atoms with E-state index >= 15 is 0 Å². The molecule has 0 radical (unpaired) electrons. The molecular formula is C20H14N4O4S2. The van der Waals surface area contributed by atoms with Crippen molar-refractivity contribution >= 4 is 39.8 Å². The van der Waals surface area contributed by atoms with Crippen LogP contribution in [0.25, 0.3) is 11.3 Å². The summed E-state index contributed by atoms with van der Waals surface area (Å²) >= 11 is 2.79. The third kappa shape index (κ3) is 4.56. The van der Waals surface area contributed by atoms with Gasteiger partial charge < -0.3 is 4.42 Å². The van der Waals surface area contributed by atoms with E-state index in [1.807, 2.05) is 30.3 Å². The molecular weight excluding hydrogens is 424 g/mol. The van der Waals surface area contributed by atoms with Crippen LogP contribution < -0.4 is 5.32 Å². The molecule has 10 heteroatoms. The van der Waals surface area contributed by atoms with Crippen LogP contribution in [0.5, 0.6) is 0 Å². The summed E-state index contributed by atoms with van der Waals surface area (Å²) in [6.45, 7) is 0. The molecule has 0 saturated carbocycles. The second-order valence-electron chi connectivity index (χ2n) is 6.04. The first-order valence-corrected chi connectivity index (χ1v) is 10.6. The lowest BCUT2D eigenvalue weighted by Gasteiger charge is -2.00. The van der Waals surface area contributed by atoms with E-state index in [9.17, 15) is 14.9 Å². The van der Waals surface area contributed by atoms with Gasteiger partial charge in [-0.25, -0.2) is 0 Å². The minimum Gasteiger partial charge on any atom is -0.451 e. The van der Waals surface area contributed by atoms with Gasteiger partial charge in [0, 0.05) is 11.8 Å². The maximum absolute atomic E-state index is 12.5. The Hall–Kier alpha value is -3.50. The summed E-state index contributed by atoms with van der Waals surface area (Å²) in [5.41, 5.74) is 1.38. The van der Waals surface area contributed by atoms with Crippen LogP contribution in [0, 0.1) is 10.1 Å². The van der Waals surface area contributed by atoms with Crippen LogP contribution in [0.15, 0.2) is 75.5 Å². The Morgan fingerprint density at radius 2 is 1.83 bits per heavy atom. The Morgan fingerprint density at radius 1 is 1.07 bits per heavy atom. The molecule has 0 bridgehead atoms. The Labute approximate surface area is 179 Å². The number of benzene rings is 2. The lowest BCUT2D eigenvalue weighted by atomic mass is 10.1. The van der Waals surface area contributed by atoms with Gasteiger partial charge in [0.15, 0.2) is 10.1 Å². The first-order chi connectivity index (χ1) is 14.6. The van der Waals surface area contributed by atoms with Gasteiger partial charge in [0.1, 0.15) is 5.76 Å². The van der Waals surface area contributed by atoms with Crippen LogP contribution in [0.2, 0.25) is 0 Å². The number of carbonyl (C=O) groups is 1. The lowest BCUT2D eigenvalue weighted by Crippen LogP contribution is -2.10. The van der Waals surface area contributed by atoms with E-state index in [2.05, 4.69) is 15.5 Å². The second kappa shape index (κ2) is 8.89. The average Bonchev–Trinajstić information content (AvgIpc) is 3.43. The molecule has 0 saturated heterocycles. The Kier molecular flexibility index (Phi) is 5.87. The van der Waals surface area contributed by atoms with Gasteiger partial charge in [-0.3, -0.25) is 20.2 Å². The molecule has 0 fully saturated rings. The Bertz CT molecular complexity index is 1190. The van der Waals surface area contributed by atoms with Crippen molar-refractivity contribution in [2.24, 2.45) is 0 Å². The smallest absolute Gasteiger partial charge is 0.293 e. The summed E-state index contributed by atoms with van der Waals surface area (Å²) in [7, 11) is 0. The number of nitro benzene ring substituents is 1. The topological polar surface area (TPSA) is 111 Å². The predicted molar refractivity (Wildman–Crippen MR) is 115 cm³/mol. The van der Waals surface area contributed by atoms with Crippen LogP contribution in [0.4, 0.5) is 10.8 Å². The SMILES string of the molecule is O=C(Nc1nnc(SCc2ccccc2)s1)c1ccc(-c2ccccc2[N+](=O)[O-])o1. The highest BCUT2D eigenvalue weighted by atomic mass is 32.2. The molecule has 0 aliphatic rings. The predicted octanol–water partition coefficient (Wildman–Crippen LogP) is 5.25. The van der Waals surface area contributed by atoms with Crippen molar-refractivity contribution in [1.29, 1.82) is 0 Å². The van der Waals surface area contributed by atoms with Gasteiger partial charge in [0.2, 0.25) is 5.13 Å². The number of para-hydroxylation sites is 1. The summed E-state index contributed by atoms with van der Waals surface area (Å²) in [6.07, 6.45) is 0. The largest absolute Gasteiger partial charge is 0.451 e. The molecule has 2 heterocycles. The zero-order valence-electron chi connectivity index (χ0n) is 15.3.